The summed E-state index contributed by atoms with van der Waals surface area (Å²) < 4.78 is 28.2. The minimum absolute atomic E-state index is 0.0701. The summed E-state index contributed by atoms with van der Waals surface area (Å²) in [4.78, 5) is 34.9. The molecule has 0 fully saturated rings. The monoisotopic (exact) mass is 406 g/mol. The van der Waals surface area contributed by atoms with Gasteiger partial charge >= 0.3 is 5.97 Å². The van der Waals surface area contributed by atoms with Crippen molar-refractivity contribution in [3.8, 4) is 11.5 Å². The molecule has 0 saturated heterocycles. The van der Waals surface area contributed by atoms with Crippen LogP contribution in [0.25, 0.3) is 0 Å². The van der Waals surface area contributed by atoms with E-state index in [0.717, 1.165) is 6.07 Å². The predicted octanol–water partition coefficient (Wildman–Crippen LogP) is 3.08. The Balaban J connectivity index is 1.98. The fraction of sp³-hybridized carbons (Fsp3) is 0.263. The van der Waals surface area contributed by atoms with Crippen molar-refractivity contribution in [2.24, 2.45) is 0 Å². The number of nitro groups is 1. The van der Waals surface area contributed by atoms with Gasteiger partial charge in [-0.15, -0.1) is 0 Å². The Morgan fingerprint density at radius 1 is 1.07 bits per heavy atom. The van der Waals surface area contributed by atoms with E-state index in [-0.39, 0.29) is 22.9 Å². The molecule has 0 aliphatic rings. The van der Waals surface area contributed by atoms with Gasteiger partial charge in [-0.1, -0.05) is 0 Å². The number of amides is 1. The minimum Gasteiger partial charge on any atom is -0.496 e. The van der Waals surface area contributed by atoms with Crippen LogP contribution in [0.5, 0.6) is 11.5 Å². The largest absolute Gasteiger partial charge is 0.496 e. The molecule has 2 aromatic rings. The summed E-state index contributed by atoms with van der Waals surface area (Å²) in [6.07, 6.45) is -2.31. The third-order valence-corrected chi connectivity index (χ3v) is 3.78. The number of halogens is 1. The second-order valence-corrected chi connectivity index (χ2v) is 5.92. The Hall–Kier alpha value is -3.69. The predicted molar refractivity (Wildman–Crippen MR) is 100 cm³/mol. The van der Waals surface area contributed by atoms with Crippen LogP contribution >= 0.6 is 0 Å². The summed E-state index contributed by atoms with van der Waals surface area (Å²) in [6, 6.07) is 8.94. The Morgan fingerprint density at radius 2 is 1.69 bits per heavy atom. The number of anilines is 1. The van der Waals surface area contributed by atoms with Gasteiger partial charge in [0.25, 0.3) is 11.6 Å². The molecule has 0 aromatic heterocycles. The molecule has 1 amide bonds. The molecule has 0 spiro atoms. The zero-order chi connectivity index (χ0) is 21.6. The van der Waals surface area contributed by atoms with Crippen LogP contribution in [-0.2, 0) is 14.3 Å². The number of nitrogens with zero attached hydrogens (tertiary/aromatic N) is 1. The van der Waals surface area contributed by atoms with Gasteiger partial charge in [0.1, 0.15) is 23.0 Å². The first-order valence-electron chi connectivity index (χ1n) is 8.47. The van der Waals surface area contributed by atoms with Crippen molar-refractivity contribution in [1.82, 2.24) is 0 Å². The van der Waals surface area contributed by atoms with Crippen LogP contribution in [-0.4, -0.2) is 36.1 Å². The molecule has 10 heteroatoms. The average molecular weight is 406 g/mol. The van der Waals surface area contributed by atoms with Crippen LogP contribution in [0.3, 0.4) is 0 Å². The molecular weight excluding hydrogens is 387 g/mol. The normalized spacial score (nSPS) is 12.4. The van der Waals surface area contributed by atoms with Crippen molar-refractivity contribution in [2.45, 2.75) is 26.1 Å². The van der Waals surface area contributed by atoms with E-state index in [9.17, 15) is 24.1 Å². The highest BCUT2D eigenvalue weighted by atomic mass is 19.1. The van der Waals surface area contributed by atoms with Gasteiger partial charge < -0.3 is 19.5 Å². The lowest BCUT2D eigenvalue weighted by Gasteiger charge is -2.18. The summed E-state index contributed by atoms with van der Waals surface area (Å²) in [5.74, 6) is -1.55. The van der Waals surface area contributed by atoms with E-state index in [1.54, 1.807) is 0 Å². The number of benzene rings is 2. The van der Waals surface area contributed by atoms with Gasteiger partial charge in [0.2, 0.25) is 0 Å². The molecule has 2 rings (SSSR count). The van der Waals surface area contributed by atoms with Crippen molar-refractivity contribution >= 4 is 23.3 Å². The maximum atomic E-state index is 12.9. The van der Waals surface area contributed by atoms with Gasteiger partial charge in [0.15, 0.2) is 12.2 Å². The molecule has 0 aliphatic heterocycles. The fourth-order valence-electron chi connectivity index (χ4n) is 2.22. The van der Waals surface area contributed by atoms with Crippen molar-refractivity contribution in [2.75, 3.05) is 12.4 Å². The number of carbonyl (C=O) groups excluding carboxylic acids is 2. The number of esters is 1. The first-order chi connectivity index (χ1) is 13.7. The second-order valence-electron chi connectivity index (χ2n) is 5.92. The lowest BCUT2D eigenvalue weighted by atomic mass is 10.2. The topological polar surface area (TPSA) is 117 Å². The molecule has 9 nitrogen and oxygen atoms in total. The average Bonchev–Trinajstić information content (AvgIpc) is 2.69. The lowest BCUT2D eigenvalue weighted by molar-refractivity contribution is -0.384. The molecule has 0 saturated carbocycles. The first-order valence-corrected chi connectivity index (χ1v) is 8.47. The van der Waals surface area contributed by atoms with Gasteiger partial charge in [0.05, 0.1) is 18.1 Å². The van der Waals surface area contributed by atoms with Gasteiger partial charge in [0, 0.05) is 0 Å². The highest BCUT2D eigenvalue weighted by molar-refractivity contribution is 5.97. The summed E-state index contributed by atoms with van der Waals surface area (Å²) >= 11 is 0. The van der Waals surface area contributed by atoms with Crippen LogP contribution in [0.4, 0.5) is 15.8 Å². The van der Waals surface area contributed by atoms with Crippen LogP contribution in [0.15, 0.2) is 42.5 Å². The minimum atomic E-state index is -1.25. The maximum Gasteiger partial charge on any atom is 0.347 e. The Labute approximate surface area is 165 Å². The SMILES string of the molecule is COc1ccc(NC(=O)[C@H](C)OC(=O)[C@H](C)Oc2ccc(F)cc2)c([N+](=O)[O-])c1. The fourth-order valence-corrected chi connectivity index (χ4v) is 2.22. The number of rotatable bonds is 8. The van der Waals surface area contributed by atoms with Crippen LogP contribution in [0, 0.1) is 15.9 Å². The van der Waals surface area contributed by atoms with Gasteiger partial charge in [-0.2, -0.15) is 0 Å². The van der Waals surface area contributed by atoms with Gasteiger partial charge in [-0.25, -0.2) is 9.18 Å². The molecule has 29 heavy (non-hydrogen) atoms. The van der Waals surface area contributed by atoms with Crippen molar-refractivity contribution < 1.29 is 33.1 Å². The molecule has 0 heterocycles. The smallest absolute Gasteiger partial charge is 0.347 e. The van der Waals surface area contributed by atoms with Gasteiger partial charge in [-0.3, -0.25) is 14.9 Å². The van der Waals surface area contributed by atoms with E-state index in [2.05, 4.69) is 5.32 Å². The van der Waals surface area contributed by atoms with Crippen LogP contribution in [0.1, 0.15) is 13.8 Å². The molecule has 154 valence electrons. The van der Waals surface area contributed by atoms with E-state index < -0.39 is 34.8 Å². The molecular formula is C19H19FN2O7. The number of hydrogen-bond donors (Lipinski definition) is 1. The number of nitro benzene ring substituents is 1. The van der Waals surface area contributed by atoms with Crippen molar-refractivity contribution in [1.29, 1.82) is 0 Å². The molecule has 0 radical (unpaired) electrons. The maximum absolute atomic E-state index is 12.9. The second kappa shape index (κ2) is 9.49. The van der Waals surface area contributed by atoms with Crippen molar-refractivity contribution in [3.05, 3.63) is 58.4 Å². The van der Waals surface area contributed by atoms with E-state index in [1.807, 2.05) is 0 Å². The Morgan fingerprint density at radius 3 is 2.28 bits per heavy atom. The summed E-state index contributed by atoms with van der Waals surface area (Å²) in [5, 5.41) is 13.5. The first kappa shape index (κ1) is 21.6. The van der Waals surface area contributed by atoms with Gasteiger partial charge in [-0.05, 0) is 50.2 Å². The van der Waals surface area contributed by atoms with Crippen molar-refractivity contribution in [3.63, 3.8) is 0 Å². The standard InChI is InChI=1S/C19H19FN2O7/c1-11(29-19(24)12(2)28-14-6-4-13(20)5-7-14)18(23)21-16-9-8-15(27-3)10-17(16)22(25)26/h4-12H,1-3H3,(H,21,23)/t11-,12-/m0/s1. The van der Waals surface area contributed by atoms with E-state index >= 15 is 0 Å². The number of methoxy groups -OCH3 is 1. The number of nitrogens with one attached hydrogen (secondary N) is 1. The zero-order valence-electron chi connectivity index (χ0n) is 15.9. The highest BCUT2D eigenvalue weighted by Gasteiger charge is 2.25. The molecule has 0 unspecified atom stereocenters. The van der Waals surface area contributed by atoms with E-state index in [0.29, 0.717) is 0 Å². The number of hydrogen-bond acceptors (Lipinski definition) is 7. The molecule has 0 bridgehead atoms. The van der Waals surface area contributed by atoms with E-state index in [4.69, 9.17) is 14.2 Å². The third kappa shape index (κ3) is 5.89. The third-order valence-electron chi connectivity index (χ3n) is 3.78. The van der Waals surface area contributed by atoms with Crippen LogP contribution < -0.4 is 14.8 Å². The summed E-state index contributed by atoms with van der Waals surface area (Å²) in [6.45, 7) is 2.72. The summed E-state index contributed by atoms with van der Waals surface area (Å²) in [5.41, 5.74) is -0.441. The Kier molecular flexibility index (Phi) is 7.07. The zero-order valence-corrected chi connectivity index (χ0v) is 15.9. The van der Waals surface area contributed by atoms with Crippen LogP contribution in [0.2, 0.25) is 0 Å². The highest BCUT2D eigenvalue weighted by Crippen LogP contribution is 2.29. The molecule has 1 N–H and O–H groups in total. The summed E-state index contributed by atoms with van der Waals surface area (Å²) in [7, 11) is 1.36. The lowest BCUT2D eigenvalue weighted by Crippen LogP contribution is -2.35. The molecule has 2 atom stereocenters. The number of carbonyl (C=O) groups is 2. The quantitative estimate of drug-likeness (QED) is 0.407. The number of ether oxygens (including phenoxy) is 3. The molecule has 2 aromatic carbocycles. The Bertz CT molecular complexity index is 902. The molecule has 0 aliphatic carbocycles. The van der Waals surface area contributed by atoms with E-state index in [1.165, 1.54) is 57.4 Å².